The lowest BCUT2D eigenvalue weighted by molar-refractivity contribution is -0.196. The van der Waals surface area contributed by atoms with Gasteiger partial charge in [0.05, 0.1) is 0 Å². The highest BCUT2D eigenvalue weighted by Crippen LogP contribution is 2.28. The largest absolute Gasteiger partial charge is 0.478 e. The minimum atomic E-state index is -4.68. The van der Waals surface area contributed by atoms with Crippen LogP contribution in [0.4, 0.5) is 22.0 Å². The number of benzene rings is 1. The third kappa shape index (κ3) is 3.85. The summed E-state index contributed by atoms with van der Waals surface area (Å²) in [7, 11) is 0. The van der Waals surface area contributed by atoms with Crippen LogP contribution in [0.2, 0.25) is 0 Å². The van der Waals surface area contributed by atoms with Gasteiger partial charge in [0.15, 0.2) is 17.7 Å². The summed E-state index contributed by atoms with van der Waals surface area (Å²) >= 11 is 0. The highest BCUT2D eigenvalue weighted by atomic mass is 19.4. The monoisotopic (exact) mass is 255 g/mol. The maximum Gasteiger partial charge on any atom is 0.425 e. The summed E-state index contributed by atoms with van der Waals surface area (Å²) in [6.45, 7) is -0.277. The van der Waals surface area contributed by atoms with Crippen molar-refractivity contribution in [2.75, 3.05) is 6.54 Å². The molecular weight excluding hydrogens is 245 g/mol. The van der Waals surface area contributed by atoms with E-state index in [1.165, 1.54) is 0 Å². The van der Waals surface area contributed by atoms with Crippen molar-refractivity contribution in [1.82, 2.24) is 0 Å². The highest BCUT2D eigenvalue weighted by Gasteiger charge is 2.41. The van der Waals surface area contributed by atoms with Gasteiger partial charge in [-0.15, -0.1) is 0 Å². The number of ether oxygens (including phenoxy) is 1. The van der Waals surface area contributed by atoms with Crippen molar-refractivity contribution >= 4 is 0 Å². The van der Waals surface area contributed by atoms with Crippen LogP contribution in [-0.2, 0) is 0 Å². The van der Waals surface area contributed by atoms with E-state index in [4.69, 9.17) is 5.73 Å². The zero-order chi connectivity index (χ0) is 13.1. The Morgan fingerprint density at radius 1 is 1.24 bits per heavy atom. The Morgan fingerprint density at radius 2 is 1.88 bits per heavy atom. The number of halogens is 5. The molecule has 0 spiro atoms. The molecule has 17 heavy (non-hydrogen) atoms. The number of nitrogens with two attached hydrogens (primary N) is 1. The molecule has 2 nitrogen and oxygen atoms in total. The molecule has 0 heterocycles. The van der Waals surface area contributed by atoms with Crippen molar-refractivity contribution in [3.63, 3.8) is 0 Å². The lowest BCUT2D eigenvalue weighted by Gasteiger charge is -2.21. The molecule has 1 aromatic carbocycles. The van der Waals surface area contributed by atoms with Crippen LogP contribution in [-0.4, -0.2) is 18.8 Å². The number of hydrogen-bond acceptors (Lipinski definition) is 2. The smallest absolute Gasteiger partial charge is 0.425 e. The standard InChI is InChI=1S/C10H10F5NO/c11-6-1-2-7(12)8(5-6)17-9(3-4-16)10(13,14)15/h1-2,5,9H,3-4,16H2. The Morgan fingerprint density at radius 3 is 2.41 bits per heavy atom. The van der Waals surface area contributed by atoms with Gasteiger partial charge in [-0.3, -0.25) is 0 Å². The van der Waals surface area contributed by atoms with Crippen LogP contribution < -0.4 is 10.5 Å². The first-order valence-corrected chi connectivity index (χ1v) is 4.73. The predicted octanol–water partition coefficient (Wildman–Crippen LogP) is 2.62. The molecule has 0 bridgehead atoms. The SMILES string of the molecule is NCCC(Oc1cc(F)ccc1F)C(F)(F)F. The van der Waals surface area contributed by atoms with E-state index in [0.29, 0.717) is 12.1 Å². The molecule has 96 valence electrons. The minimum Gasteiger partial charge on any atom is -0.478 e. The van der Waals surface area contributed by atoms with Crippen molar-refractivity contribution in [3.8, 4) is 5.75 Å². The van der Waals surface area contributed by atoms with Crippen molar-refractivity contribution in [2.24, 2.45) is 5.73 Å². The average molecular weight is 255 g/mol. The van der Waals surface area contributed by atoms with E-state index in [1.54, 1.807) is 0 Å². The average Bonchev–Trinajstić information content (AvgIpc) is 2.21. The number of alkyl halides is 3. The molecule has 0 saturated carbocycles. The first kappa shape index (κ1) is 13.7. The molecule has 0 aliphatic heterocycles. The number of rotatable bonds is 4. The van der Waals surface area contributed by atoms with Crippen molar-refractivity contribution in [1.29, 1.82) is 0 Å². The van der Waals surface area contributed by atoms with Crippen LogP contribution in [0.15, 0.2) is 18.2 Å². The molecule has 0 radical (unpaired) electrons. The second-order valence-electron chi connectivity index (χ2n) is 3.30. The van der Waals surface area contributed by atoms with Gasteiger partial charge in [-0.25, -0.2) is 8.78 Å². The third-order valence-electron chi connectivity index (χ3n) is 1.96. The summed E-state index contributed by atoms with van der Waals surface area (Å²) < 4.78 is 67.5. The van der Waals surface area contributed by atoms with E-state index in [0.717, 1.165) is 6.07 Å². The Labute approximate surface area is 94.2 Å². The predicted molar refractivity (Wildman–Crippen MR) is 50.5 cm³/mol. The van der Waals surface area contributed by atoms with E-state index >= 15 is 0 Å². The summed E-state index contributed by atoms with van der Waals surface area (Å²) in [6.07, 6.45) is -7.46. The summed E-state index contributed by atoms with van der Waals surface area (Å²) in [4.78, 5) is 0. The molecule has 0 aliphatic rings. The normalized spacial score (nSPS) is 13.5. The summed E-state index contributed by atoms with van der Waals surface area (Å²) in [5, 5.41) is 0. The van der Waals surface area contributed by atoms with Crippen LogP contribution in [0.25, 0.3) is 0 Å². The van der Waals surface area contributed by atoms with Gasteiger partial charge >= 0.3 is 6.18 Å². The van der Waals surface area contributed by atoms with E-state index in [9.17, 15) is 22.0 Å². The molecule has 2 N–H and O–H groups in total. The highest BCUT2D eigenvalue weighted by molar-refractivity contribution is 5.25. The van der Waals surface area contributed by atoms with Gasteiger partial charge in [0.1, 0.15) is 5.82 Å². The molecule has 7 heteroatoms. The second kappa shape index (κ2) is 5.31. The molecule has 1 atom stereocenters. The first-order valence-electron chi connectivity index (χ1n) is 4.73. The van der Waals surface area contributed by atoms with E-state index in [-0.39, 0.29) is 6.54 Å². The quantitative estimate of drug-likeness (QED) is 0.839. The Balaban J connectivity index is 2.89. The van der Waals surface area contributed by atoms with Gasteiger partial charge in [-0.2, -0.15) is 13.2 Å². The van der Waals surface area contributed by atoms with Gasteiger partial charge in [0, 0.05) is 12.5 Å². The molecular formula is C10H10F5NO. The lowest BCUT2D eigenvalue weighted by atomic mass is 10.2. The second-order valence-corrected chi connectivity index (χ2v) is 3.30. The van der Waals surface area contributed by atoms with Crippen molar-refractivity contribution < 1.29 is 26.7 Å². The molecule has 0 aromatic heterocycles. The lowest BCUT2D eigenvalue weighted by Crippen LogP contribution is -2.36. The van der Waals surface area contributed by atoms with Gasteiger partial charge in [-0.05, 0) is 18.7 Å². The molecule has 0 saturated heterocycles. The molecule has 0 amide bonds. The van der Waals surface area contributed by atoms with Crippen LogP contribution in [0.3, 0.4) is 0 Å². The van der Waals surface area contributed by atoms with Gasteiger partial charge < -0.3 is 10.5 Å². The Bertz CT molecular complexity index is 379. The first-order chi connectivity index (χ1) is 7.84. The van der Waals surface area contributed by atoms with E-state index in [1.807, 2.05) is 0 Å². The van der Waals surface area contributed by atoms with Crippen LogP contribution >= 0.6 is 0 Å². The van der Waals surface area contributed by atoms with Crippen LogP contribution in [0.1, 0.15) is 6.42 Å². The number of hydrogen-bond donors (Lipinski definition) is 1. The van der Waals surface area contributed by atoms with Gasteiger partial charge in [0.25, 0.3) is 0 Å². The molecule has 0 fully saturated rings. The fraction of sp³-hybridized carbons (Fsp3) is 0.400. The molecule has 0 aliphatic carbocycles. The fourth-order valence-electron chi connectivity index (χ4n) is 1.16. The van der Waals surface area contributed by atoms with Crippen LogP contribution in [0, 0.1) is 11.6 Å². The molecule has 1 rings (SSSR count). The van der Waals surface area contributed by atoms with E-state index < -0.39 is 36.1 Å². The van der Waals surface area contributed by atoms with Crippen molar-refractivity contribution in [3.05, 3.63) is 29.8 Å². The zero-order valence-corrected chi connectivity index (χ0v) is 8.60. The van der Waals surface area contributed by atoms with Gasteiger partial charge in [-0.1, -0.05) is 0 Å². The summed E-state index contributed by atoms with van der Waals surface area (Å²) in [6, 6.07) is 2.04. The Kier molecular flexibility index (Phi) is 4.28. The fourth-order valence-corrected chi connectivity index (χ4v) is 1.16. The van der Waals surface area contributed by atoms with E-state index in [2.05, 4.69) is 4.74 Å². The zero-order valence-electron chi connectivity index (χ0n) is 8.60. The summed E-state index contributed by atoms with van der Waals surface area (Å²) in [5.74, 6) is -2.71. The van der Waals surface area contributed by atoms with Gasteiger partial charge in [0.2, 0.25) is 0 Å². The minimum absolute atomic E-state index is 0.277. The Hall–Kier alpha value is -1.37. The third-order valence-corrected chi connectivity index (χ3v) is 1.96. The maximum absolute atomic E-state index is 13.1. The molecule has 1 aromatic rings. The maximum atomic E-state index is 13.1. The molecule has 1 unspecified atom stereocenters. The van der Waals surface area contributed by atoms with Crippen LogP contribution in [0.5, 0.6) is 5.75 Å². The van der Waals surface area contributed by atoms with Crippen molar-refractivity contribution in [2.45, 2.75) is 18.7 Å². The summed E-state index contributed by atoms with van der Waals surface area (Å²) in [5.41, 5.74) is 5.00. The topological polar surface area (TPSA) is 35.2 Å².